The molecule has 0 amide bonds. The standard InChI is InChI=1S/C10H14ClN3O/c1-7-5-12-10(11)13-9(7)14-3-4-15-8(2)6-14/h5,8H,3-4,6H2,1-2H3. The Morgan fingerprint density at radius 3 is 3.13 bits per heavy atom. The molecule has 0 bridgehead atoms. The summed E-state index contributed by atoms with van der Waals surface area (Å²) in [6.45, 7) is 6.50. The molecule has 0 N–H and O–H groups in total. The summed E-state index contributed by atoms with van der Waals surface area (Å²) in [5.41, 5.74) is 1.05. The molecule has 15 heavy (non-hydrogen) atoms. The summed E-state index contributed by atoms with van der Waals surface area (Å²) in [6, 6.07) is 0. The third-order valence-corrected chi connectivity index (χ3v) is 2.64. The summed E-state index contributed by atoms with van der Waals surface area (Å²) in [6.07, 6.45) is 2.00. The normalized spacial score (nSPS) is 21.8. The van der Waals surface area contributed by atoms with Crippen LogP contribution in [0.5, 0.6) is 0 Å². The predicted octanol–water partition coefficient (Wildman–Crippen LogP) is 1.66. The van der Waals surface area contributed by atoms with E-state index in [0.717, 1.165) is 31.1 Å². The average Bonchev–Trinajstić information content (AvgIpc) is 2.22. The highest BCUT2D eigenvalue weighted by atomic mass is 35.5. The van der Waals surface area contributed by atoms with Gasteiger partial charge in [-0.3, -0.25) is 0 Å². The fourth-order valence-corrected chi connectivity index (χ4v) is 1.87. The van der Waals surface area contributed by atoms with Crippen LogP contribution in [0.25, 0.3) is 0 Å². The van der Waals surface area contributed by atoms with Crippen molar-refractivity contribution in [2.75, 3.05) is 24.6 Å². The molecule has 1 aliphatic rings. The number of anilines is 1. The minimum atomic E-state index is 0.242. The van der Waals surface area contributed by atoms with Crippen LogP contribution in [0.1, 0.15) is 12.5 Å². The SMILES string of the molecule is Cc1cnc(Cl)nc1N1CCOC(C)C1. The number of hydrogen-bond donors (Lipinski definition) is 0. The second-order valence-corrected chi connectivity index (χ2v) is 4.11. The Hall–Kier alpha value is -0.870. The molecule has 0 aromatic carbocycles. The molecule has 0 saturated carbocycles. The second kappa shape index (κ2) is 4.33. The fraction of sp³-hybridized carbons (Fsp3) is 0.600. The van der Waals surface area contributed by atoms with E-state index in [1.54, 1.807) is 6.20 Å². The van der Waals surface area contributed by atoms with Crippen molar-refractivity contribution >= 4 is 17.4 Å². The summed E-state index contributed by atoms with van der Waals surface area (Å²) in [4.78, 5) is 10.4. The summed E-state index contributed by atoms with van der Waals surface area (Å²) < 4.78 is 5.48. The van der Waals surface area contributed by atoms with Gasteiger partial charge in [-0.05, 0) is 25.4 Å². The van der Waals surface area contributed by atoms with Gasteiger partial charge in [0.15, 0.2) is 0 Å². The summed E-state index contributed by atoms with van der Waals surface area (Å²) in [5, 5.41) is 0.301. The van der Waals surface area contributed by atoms with Crippen molar-refractivity contribution < 1.29 is 4.74 Å². The van der Waals surface area contributed by atoms with Gasteiger partial charge in [0.1, 0.15) is 5.82 Å². The summed E-state index contributed by atoms with van der Waals surface area (Å²) in [5.74, 6) is 0.921. The zero-order chi connectivity index (χ0) is 10.8. The number of aromatic nitrogens is 2. The smallest absolute Gasteiger partial charge is 0.224 e. The van der Waals surface area contributed by atoms with Gasteiger partial charge in [-0.2, -0.15) is 0 Å². The van der Waals surface area contributed by atoms with Crippen LogP contribution >= 0.6 is 11.6 Å². The van der Waals surface area contributed by atoms with Crippen LogP contribution in [-0.4, -0.2) is 35.8 Å². The zero-order valence-corrected chi connectivity index (χ0v) is 9.66. The Bertz CT molecular complexity index is 359. The molecule has 4 nitrogen and oxygen atoms in total. The van der Waals surface area contributed by atoms with Crippen molar-refractivity contribution in [3.05, 3.63) is 17.0 Å². The molecule has 0 spiro atoms. The Balaban J connectivity index is 2.24. The first-order valence-electron chi connectivity index (χ1n) is 5.02. The molecule has 0 radical (unpaired) electrons. The third kappa shape index (κ3) is 2.38. The molecule has 5 heteroatoms. The number of aryl methyl sites for hydroxylation is 1. The highest BCUT2D eigenvalue weighted by molar-refractivity contribution is 6.28. The second-order valence-electron chi connectivity index (χ2n) is 3.77. The number of rotatable bonds is 1. The molecule has 0 aliphatic carbocycles. The van der Waals surface area contributed by atoms with E-state index in [9.17, 15) is 0 Å². The Morgan fingerprint density at radius 1 is 1.60 bits per heavy atom. The van der Waals surface area contributed by atoms with Gasteiger partial charge >= 0.3 is 0 Å². The minimum Gasteiger partial charge on any atom is -0.375 e. The van der Waals surface area contributed by atoms with Crippen LogP contribution in [0.2, 0.25) is 5.28 Å². The first-order valence-corrected chi connectivity index (χ1v) is 5.40. The lowest BCUT2D eigenvalue weighted by Gasteiger charge is -2.32. The van der Waals surface area contributed by atoms with Gasteiger partial charge in [-0.25, -0.2) is 9.97 Å². The third-order valence-electron chi connectivity index (χ3n) is 2.46. The lowest BCUT2D eigenvalue weighted by molar-refractivity contribution is 0.0529. The topological polar surface area (TPSA) is 38.2 Å². The average molecular weight is 228 g/mol. The molecule has 1 aromatic rings. The quantitative estimate of drug-likeness (QED) is 0.684. The van der Waals surface area contributed by atoms with E-state index in [1.807, 2.05) is 6.92 Å². The van der Waals surface area contributed by atoms with E-state index in [4.69, 9.17) is 16.3 Å². The van der Waals surface area contributed by atoms with E-state index in [-0.39, 0.29) is 6.10 Å². The Kier molecular flexibility index (Phi) is 3.07. The van der Waals surface area contributed by atoms with Crippen molar-refractivity contribution in [1.29, 1.82) is 0 Å². The molecule has 1 unspecified atom stereocenters. The number of nitrogens with zero attached hydrogens (tertiary/aromatic N) is 3. The minimum absolute atomic E-state index is 0.242. The lowest BCUT2D eigenvalue weighted by Crippen LogP contribution is -2.41. The van der Waals surface area contributed by atoms with Crippen molar-refractivity contribution in [3.8, 4) is 0 Å². The molecule has 2 rings (SSSR count). The molecular formula is C10H14ClN3O. The van der Waals surface area contributed by atoms with Crippen LogP contribution in [0.15, 0.2) is 6.20 Å². The maximum Gasteiger partial charge on any atom is 0.224 e. The highest BCUT2D eigenvalue weighted by Gasteiger charge is 2.19. The number of halogens is 1. The zero-order valence-electron chi connectivity index (χ0n) is 8.90. The van der Waals surface area contributed by atoms with Gasteiger partial charge in [0, 0.05) is 24.8 Å². The molecular weight excluding hydrogens is 214 g/mol. The number of hydrogen-bond acceptors (Lipinski definition) is 4. The van der Waals surface area contributed by atoms with Gasteiger partial charge in [-0.1, -0.05) is 0 Å². The monoisotopic (exact) mass is 227 g/mol. The maximum absolute atomic E-state index is 5.79. The molecule has 1 saturated heterocycles. The summed E-state index contributed by atoms with van der Waals surface area (Å²) >= 11 is 5.79. The van der Waals surface area contributed by atoms with Crippen LogP contribution in [0, 0.1) is 6.92 Å². The van der Waals surface area contributed by atoms with Crippen molar-refractivity contribution in [3.63, 3.8) is 0 Å². The molecule has 1 aromatic heterocycles. The number of morpholine rings is 1. The first-order chi connectivity index (χ1) is 7.16. The van der Waals surface area contributed by atoms with E-state index >= 15 is 0 Å². The first kappa shape index (κ1) is 10.6. The highest BCUT2D eigenvalue weighted by Crippen LogP contribution is 2.20. The van der Waals surface area contributed by atoms with E-state index in [2.05, 4.69) is 21.8 Å². The Morgan fingerprint density at radius 2 is 2.40 bits per heavy atom. The van der Waals surface area contributed by atoms with E-state index < -0.39 is 0 Å². The maximum atomic E-state index is 5.79. The van der Waals surface area contributed by atoms with Gasteiger partial charge in [0.25, 0.3) is 0 Å². The van der Waals surface area contributed by atoms with Gasteiger partial charge in [-0.15, -0.1) is 0 Å². The summed E-state index contributed by atoms with van der Waals surface area (Å²) in [7, 11) is 0. The molecule has 1 atom stereocenters. The molecule has 2 heterocycles. The van der Waals surface area contributed by atoms with E-state index in [0.29, 0.717) is 5.28 Å². The van der Waals surface area contributed by atoms with Crippen LogP contribution in [0.3, 0.4) is 0 Å². The Labute approximate surface area is 94.2 Å². The van der Waals surface area contributed by atoms with Gasteiger partial charge in [0.2, 0.25) is 5.28 Å². The lowest BCUT2D eigenvalue weighted by atomic mass is 10.2. The molecule has 1 fully saturated rings. The van der Waals surface area contributed by atoms with E-state index in [1.165, 1.54) is 0 Å². The molecule has 82 valence electrons. The molecule has 1 aliphatic heterocycles. The van der Waals surface area contributed by atoms with Crippen LogP contribution < -0.4 is 4.90 Å². The largest absolute Gasteiger partial charge is 0.375 e. The van der Waals surface area contributed by atoms with Crippen LogP contribution in [0.4, 0.5) is 5.82 Å². The number of ether oxygens (including phenoxy) is 1. The predicted molar refractivity (Wildman–Crippen MR) is 59.4 cm³/mol. The van der Waals surface area contributed by atoms with Gasteiger partial charge < -0.3 is 9.64 Å². The van der Waals surface area contributed by atoms with Crippen molar-refractivity contribution in [2.45, 2.75) is 20.0 Å². The fourth-order valence-electron chi connectivity index (χ4n) is 1.74. The van der Waals surface area contributed by atoms with Gasteiger partial charge in [0.05, 0.1) is 12.7 Å². The van der Waals surface area contributed by atoms with Crippen molar-refractivity contribution in [1.82, 2.24) is 9.97 Å². The van der Waals surface area contributed by atoms with Crippen molar-refractivity contribution in [2.24, 2.45) is 0 Å². The van der Waals surface area contributed by atoms with Crippen LogP contribution in [-0.2, 0) is 4.74 Å².